The molecule has 0 radical (unpaired) electrons. The molecule has 0 saturated heterocycles. The van der Waals surface area contributed by atoms with Crippen LogP contribution in [0.1, 0.15) is 53.6 Å². The molecule has 1 saturated carbocycles. The van der Waals surface area contributed by atoms with Crippen molar-refractivity contribution < 1.29 is 13.2 Å². The predicted molar refractivity (Wildman–Crippen MR) is 118 cm³/mol. The number of carbonyl (C=O) groups is 1. The number of hydrogen-bond donors (Lipinski definition) is 0. The summed E-state index contributed by atoms with van der Waals surface area (Å²) in [5.74, 6) is -0.00658. The first kappa shape index (κ1) is 21.4. The van der Waals surface area contributed by atoms with Crippen molar-refractivity contribution in [2.45, 2.75) is 51.6 Å². The molecule has 0 atom stereocenters. The van der Waals surface area contributed by atoms with Crippen LogP contribution >= 0.6 is 0 Å². The second-order valence-electron chi connectivity index (χ2n) is 8.01. The third-order valence-corrected chi connectivity index (χ3v) is 6.83. The molecule has 0 unspecified atom stereocenters. The van der Waals surface area contributed by atoms with E-state index in [0.717, 1.165) is 24.0 Å². The molecule has 29 heavy (non-hydrogen) atoms. The van der Waals surface area contributed by atoms with Crippen LogP contribution in [-0.4, -0.2) is 38.6 Å². The third kappa shape index (κ3) is 5.38. The Kier molecular flexibility index (Phi) is 6.63. The standard InChI is InChI=1S/C23H30N2O3S/c1-18-9-11-19(12-10-18)17-25(29(3,27)28)22-15-13-20(14-16-22)23(26)24(2)21-7-5-4-6-8-21/h9-16,21H,4-8,17H2,1-3H3. The number of amides is 1. The molecule has 0 N–H and O–H groups in total. The van der Waals surface area contributed by atoms with Crippen molar-refractivity contribution in [1.29, 1.82) is 0 Å². The predicted octanol–water partition coefficient (Wildman–Crippen LogP) is 4.37. The molecule has 0 heterocycles. The average molecular weight is 415 g/mol. The maximum absolute atomic E-state index is 12.8. The number of aryl methyl sites for hydroxylation is 1. The Balaban J connectivity index is 1.78. The summed E-state index contributed by atoms with van der Waals surface area (Å²) in [6.45, 7) is 2.26. The normalized spacial score (nSPS) is 15.1. The molecule has 0 aromatic heterocycles. The molecule has 0 aliphatic heterocycles. The highest BCUT2D eigenvalue weighted by Crippen LogP contribution is 2.25. The summed E-state index contributed by atoms with van der Waals surface area (Å²) in [4.78, 5) is 14.7. The van der Waals surface area contributed by atoms with Crippen molar-refractivity contribution in [3.63, 3.8) is 0 Å². The van der Waals surface area contributed by atoms with E-state index in [1.165, 1.54) is 29.8 Å². The number of anilines is 1. The molecular formula is C23H30N2O3S. The van der Waals surface area contributed by atoms with E-state index in [0.29, 0.717) is 17.3 Å². The fourth-order valence-electron chi connectivity index (χ4n) is 3.87. The second kappa shape index (κ2) is 8.99. The highest BCUT2D eigenvalue weighted by Gasteiger charge is 2.24. The SMILES string of the molecule is Cc1ccc(CN(c2ccc(C(=O)N(C)C3CCCCC3)cc2)S(C)(=O)=O)cc1. The average Bonchev–Trinajstić information content (AvgIpc) is 2.72. The van der Waals surface area contributed by atoms with E-state index < -0.39 is 10.0 Å². The summed E-state index contributed by atoms with van der Waals surface area (Å²) in [6, 6.07) is 15.0. The van der Waals surface area contributed by atoms with Crippen molar-refractivity contribution in [3.05, 3.63) is 65.2 Å². The van der Waals surface area contributed by atoms with E-state index >= 15 is 0 Å². The van der Waals surface area contributed by atoms with Crippen molar-refractivity contribution in [1.82, 2.24) is 4.90 Å². The minimum atomic E-state index is -3.45. The van der Waals surface area contributed by atoms with E-state index in [-0.39, 0.29) is 12.5 Å². The van der Waals surface area contributed by atoms with Gasteiger partial charge in [-0.3, -0.25) is 9.10 Å². The summed E-state index contributed by atoms with van der Waals surface area (Å²) in [5, 5.41) is 0. The van der Waals surface area contributed by atoms with E-state index in [2.05, 4.69) is 0 Å². The van der Waals surface area contributed by atoms with E-state index in [1.54, 1.807) is 24.3 Å². The Hall–Kier alpha value is -2.34. The second-order valence-corrected chi connectivity index (χ2v) is 9.92. The minimum absolute atomic E-state index is 0.00658. The zero-order chi connectivity index (χ0) is 21.0. The molecule has 0 bridgehead atoms. The quantitative estimate of drug-likeness (QED) is 0.705. The van der Waals surface area contributed by atoms with Gasteiger partial charge in [0.15, 0.2) is 0 Å². The summed E-state index contributed by atoms with van der Waals surface area (Å²) in [7, 11) is -1.59. The summed E-state index contributed by atoms with van der Waals surface area (Å²) in [5.41, 5.74) is 3.19. The molecule has 6 heteroatoms. The van der Waals surface area contributed by atoms with E-state index in [1.807, 2.05) is 43.1 Å². The van der Waals surface area contributed by atoms with Gasteiger partial charge in [-0.2, -0.15) is 0 Å². The topological polar surface area (TPSA) is 57.7 Å². The van der Waals surface area contributed by atoms with Gasteiger partial charge in [0.1, 0.15) is 0 Å². The summed E-state index contributed by atoms with van der Waals surface area (Å²) in [6.07, 6.45) is 6.90. The fourth-order valence-corrected chi connectivity index (χ4v) is 4.76. The highest BCUT2D eigenvalue weighted by atomic mass is 32.2. The monoisotopic (exact) mass is 414 g/mol. The lowest BCUT2D eigenvalue weighted by Gasteiger charge is -2.31. The fraction of sp³-hybridized carbons (Fsp3) is 0.435. The van der Waals surface area contributed by atoms with Gasteiger partial charge in [-0.1, -0.05) is 49.1 Å². The maximum atomic E-state index is 12.8. The van der Waals surface area contributed by atoms with Gasteiger partial charge in [-0.25, -0.2) is 8.42 Å². The maximum Gasteiger partial charge on any atom is 0.253 e. The van der Waals surface area contributed by atoms with Crippen LogP contribution in [0.15, 0.2) is 48.5 Å². The Morgan fingerprint density at radius 3 is 2.10 bits per heavy atom. The van der Waals surface area contributed by atoms with Gasteiger partial charge in [0.2, 0.25) is 10.0 Å². The smallest absolute Gasteiger partial charge is 0.253 e. The largest absolute Gasteiger partial charge is 0.339 e. The van der Waals surface area contributed by atoms with Crippen molar-refractivity contribution in [2.75, 3.05) is 17.6 Å². The zero-order valence-electron chi connectivity index (χ0n) is 17.5. The minimum Gasteiger partial charge on any atom is -0.339 e. The van der Waals surface area contributed by atoms with Crippen molar-refractivity contribution in [2.24, 2.45) is 0 Å². The Bertz CT molecular complexity index is 931. The summed E-state index contributed by atoms with van der Waals surface area (Å²) >= 11 is 0. The summed E-state index contributed by atoms with van der Waals surface area (Å²) < 4.78 is 26.1. The lowest BCUT2D eigenvalue weighted by Crippen LogP contribution is -2.38. The van der Waals surface area contributed by atoms with Gasteiger partial charge in [0.05, 0.1) is 18.5 Å². The van der Waals surface area contributed by atoms with Crippen molar-refractivity contribution >= 4 is 21.6 Å². The molecule has 1 amide bonds. The van der Waals surface area contributed by atoms with Gasteiger partial charge in [-0.05, 0) is 49.6 Å². The van der Waals surface area contributed by atoms with Gasteiger partial charge in [0.25, 0.3) is 5.91 Å². The van der Waals surface area contributed by atoms with E-state index in [9.17, 15) is 13.2 Å². The van der Waals surface area contributed by atoms with Crippen LogP contribution < -0.4 is 4.31 Å². The molecule has 156 valence electrons. The number of rotatable bonds is 6. The molecule has 2 aromatic carbocycles. The Labute approximate surface area is 174 Å². The number of benzene rings is 2. The lowest BCUT2D eigenvalue weighted by atomic mass is 9.94. The van der Waals surface area contributed by atoms with Crippen LogP contribution in [0.25, 0.3) is 0 Å². The third-order valence-electron chi connectivity index (χ3n) is 5.69. The van der Waals surface area contributed by atoms with E-state index in [4.69, 9.17) is 0 Å². The van der Waals surface area contributed by atoms with Crippen LogP contribution in [-0.2, 0) is 16.6 Å². The first-order valence-electron chi connectivity index (χ1n) is 10.2. The lowest BCUT2D eigenvalue weighted by molar-refractivity contribution is 0.0696. The Morgan fingerprint density at radius 1 is 0.966 bits per heavy atom. The number of sulfonamides is 1. The van der Waals surface area contributed by atoms with Gasteiger partial charge < -0.3 is 4.90 Å². The first-order chi connectivity index (χ1) is 13.8. The number of carbonyl (C=O) groups excluding carboxylic acids is 1. The van der Waals surface area contributed by atoms with Crippen LogP contribution in [0.3, 0.4) is 0 Å². The van der Waals surface area contributed by atoms with Gasteiger partial charge >= 0.3 is 0 Å². The molecule has 1 aliphatic carbocycles. The molecule has 2 aromatic rings. The van der Waals surface area contributed by atoms with Crippen LogP contribution in [0.2, 0.25) is 0 Å². The number of nitrogens with zero attached hydrogens (tertiary/aromatic N) is 2. The van der Waals surface area contributed by atoms with Crippen molar-refractivity contribution in [3.8, 4) is 0 Å². The van der Waals surface area contributed by atoms with Crippen LogP contribution in [0.5, 0.6) is 0 Å². The molecule has 3 rings (SSSR count). The molecule has 1 aliphatic rings. The number of hydrogen-bond acceptors (Lipinski definition) is 3. The van der Waals surface area contributed by atoms with Crippen LogP contribution in [0.4, 0.5) is 5.69 Å². The van der Waals surface area contributed by atoms with Gasteiger partial charge in [-0.15, -0.1) is 0 Å². The molecule has 0 spiro atoms. The van der Waals surface area contributed by atoms with Gasteiger partial charge in [0, 0.05) is 18.7 Å². The highest BCUT2D eigenvalue weighted by molar-refractivity contribution is 7.92. The first-order valence-corrected chi connectivity index (χ1v) is 12.0. The zero-order valence-corrected chi connectivity index (χ0v) is 18.3. The molecule has 1 fully saturated rings. The Morgan fingerprint density at radius 2 is 1.55 bits per heavy atom. The molecule has 5 nitrogen and oxygen atoms in total. The van der Waals surface area contributed by atoms with Crippen LogP contribution in [0, 0.1) is 6.92 Å². The molecular weight excluding hydrogens is 384 g/mol.